The first kappa shape index (κ1) is 20.3. The van der Waals surface area contributed by atoms with Crippen LogP contribution in [0.1, 0.15) is 17.4 Å². The van der Waals surface area contributed by atoms with E-state index in [0.717, 1.165) is 35.2 Å². The molecular weight excluding hydrogens is 446 g/mol. The topological polar surface area (TPSA) is 81.2 Å². The molecule has 0 amide bonds. The molecule has 164 valence electrons. The predicted molar refractivity (Wildman–Crippen MR) is 127 cm³/mol. The van der Waals surface area contributed by atoms with Crippen molar-refractivity contribution in [2.75, 3.05) is 25.1 Å². The van der Waals surface area contributed by atoms with Gasteiger partial charge < -0.3 is 20.1 Å². The van der Waals surface area contributed by atoms with Gasteiger partial charge in [0.2, 0.25) is 5.28 Å². The SMILES string of the molecule is C[C@@H]1CNc2c(sc3ccc4nc(-c5nc(Cl)ncc5COC5COC5)ccc4c23)CN1. The van der Waals surface area contributed by atoms with Gasteiger partial charge >= 0.3 is 0 Å². The lowest BCUT2D eigenvalue weighted by molar-refractivity contribution is -0.135. The molecule has 2 aliphatic heterocycles. The van der Waals surface area contributed by atoms with E-state index >= 15 is 0 Å². The molecule has 1 fully saturated rings. The Morgan fingerprint density at radius 2 is 2.12 bits per heavy atom. The van der Waals surface area contributed by atoms with Crippen molar-refractivity contribution in [1.82, 2.24) is 20.3 Å². The fraction of sp³-hybridized carbons (Fsp3) is 0.348. The summed E-state index contributed by atoms with van der Waals surface area (Å²) in [6, 6.07) is 8.82. The number of benzene rings is 1. The standard InChI is InChI=1S/C23H22ClN5O2S/c1-12-6-26-22-19(8-25-12)32-18-5-4-16-15(20(18)22)2-3-17(28-16)21-13(7-27-23(24)29-21)9-31-14-10-30-11-14/h2-5,7,12,14,25-26H,6,8-11H2,1H3/t12-/m1/s1. The minimum Gasteiger partial charge on any atom is -0.382 e. The summed E-state index contributed by atoms with van der Waals surface area (Å²) in [5.74, 6) is 0. The quantitative estimate of drug-likeness (QED) is 0.431. The van der Waals surface area contributed by atoms with Crippen LogP contribution in [0.2, 0.25) is 5.28 Å². The van der Waals surface area contributed by atoms with Crippen molar-refractivity contribution in [3.63, 3.8) is 0 Å². The van der Waals surface area contributed by atoms with Crippen LogP contribution in [0.3, 0.4) is 0 Å². The van der Waals surface area contributed by atoms with Crippen molar-refractivity contribution in [1.29, 1.82) is 0 Å². The molecule has 0 aliphatic carbocycles. The summed E-state index contributed by atoms with van der Waals surface area (Å²) in [5, 5.41) is 9.79. The number of rotatable bonds is 4. The maximum absolute atomic E-state index is 6.13. The molecule has 1 aromatic carbocycles. The van der Waals surface area contributed by atoms with Crippen LogP contribution in [0.4, 0.5) is 5.69 Å². The summed E-state index contributed by atoms with van der Waals surface area (Å²) in [4.78, 5) is 14.9. The maximum Gasteiger partial charge on any atom is 0.222 e. The average molecular weight is 468 g/mol. The van der Waals surface area contributed by atoms with E-state index in [1.165, 1.54) is 20.7 Å². The van der Waals surface area contributed by atoms with Gasteiger partial charge in [-0.2, -0.15) is 0 Å². The lowest BCUT2D eigenvalue weighted by Gasteiger charge is -2.26. The van der Waals surface area contributed by atoms with E-state index in [1.54, 1.807) is 6.20 Å². The summed E-state index contributed by atoms with van der Waals surface area (Å²) in [6.45, 7) is 5.62. The molecule has 32 heavy (non-hydrogen) atoms. The molecule has 5 heterocycles. The number of thiophene rings is 1. The molecule has 4 aromatic rings. The van der Waals surface area contributed by atoms with E-state index in [1.807, 2.05) is 17.4 Å². The monoisotopic (exact) mass is 467 g/mol. The number of aromatic nitrogens is 3. The van der Waals surface area contributed by atoms with Crippen molar-refractivity contribution in [3.05, 3.63) is 46.2 Å². The van der Waals surface area contributed by atoms with E-state index in [9.17, 15) is 0 Å². The van der Waals surface area contributed by atoms with E-state index in [4.69, 9.17) is 26.1 Å². The van der Waals surface area contributed by atoms with Crippen LogP contribution < -0.4 is 10.6 Å². The van der Waals surface area contributed by atoms with Gasteiger partial charge in [0.25, 0.3) is 0 Å². The zero-order chi connectivity index (χ0) is 21.7. The number of anilines is 1. The molecule has 0 unspecified atom stereocenters. The van der Waals surface area contributed by atoms with Crippen molar-refractivity contribution >= 4 is 49.6 Å². The number of hydrogen-bond acceptors (Lipinski definition) is 8. The van der Waals surface area contributed by atoms with Crippen molar-refractivity contribution in [2.45, 2.75) is 32.2 Å². The molecule has 0 radical (unpaired) electrons. The highest BCUT2D eigenvalue weighted by Gasteiger charge is 2.22. The first-order chi connectivity index (χ1) is 15.7. The molecule has 0 spiro atoms. The third-order valence-corrected chi connectivity index (χ3v) is 7.29. The average Bonchev–Trinajstić information content (AvgIpc) is 3.03. The second-order valence-electron chi connectivity index (χ2n) is 8.25. The van der Waals surface area contributed by atoms with Crippen LogP contribution in [-0.2, 0) is 22.6 Å². The van der Waals surface area contributed by atoms with Gasteiger partial charge in [-0.15, -0.1) is 11.3 Å². The van der Waals surface area contributed by atoms with Gasteiger partial charge in [0.05, 0.1) is 42.4 Å². The first-order valence-corrected chi connectivity index (χ1v) is 11.9. The van der Waals surface area contributed by atoms with Crippen LogP contribution in [0, 0.1) is 0 Å². The van der Waals surface area contributed by atoms with E-state index in [2.05, 4.69) is 45.7 Å². The molecule has 0 saturated carbocycles. The highest BCUT2D eigenvalue weighted by atomic mass is 35.5. The van der Waals surface area contributed by atoms with Gasteiger partial charge in [-0.1, -0.05) is 0 Å². The first-order valence-electron chi connectivity index (χ1n) is 10.7. The highest BCUT2D eigenvalue weighted by molar-refractivity contribution is 7.20. The molecular formula is C23H22ClN5O2S. The zero-order valence-electron chi connectivity index (χ0n) is 17.5. The zero-order valence-corrected chi connectivity index (χ0v) is 19.1. The molecule has 6 rings (SSSR count). The van der Waals surface area contributed by atoms with Gasteiger partial charge in [-0.3, -0.25) is 0 Å². The summed E-state index contributed by atoms with van der Waals surface area (Å²) < 4.78 is 12.4. The van der Waals surface area contributed by atoms with Crippen LogP contribution in [0.15, 0.2) is 30.5 Å². The fourth-order valence-electron chi connectivity index (χ4n) is 4.12. The van der Waals surface area contributed by atoms with Crippen LogP contribution in [-0.4, -0.2) is 46.9 Å². The lowest BCUT2D eigenvalue weighted by atomic mass is 10.1. The summed E-state index contributed by atoms with van der Waals surface area (Å²) in [6.07, 6.45) is 1.84. The predicted octanol–water partition coefficient (Wildman–Crippen LogP) is 4.38. The number of nitrogens with one attached hydrogen (secondary N) is 2. The van der Waals surface area contributed by atoms with Crippen molar-refractivity contribution in [3.8, 4) is 11.4 Å². The second-order valence-corrected chi connectivity index (χ2v) is 9.72. The van der Waals surface area contributed by atoms with Crippen LogP contribution in [0.25, 0.3) is 32.4 Å². The van der Waals surface area contributed by atoms with E-state index < -0.39 is 0 Å². The Morgan fingerprint density at radius 3 is 2.97 bits per heavy atom. The smallest absolute Gasteiger partial charge is 0.222 e. The molecule has 2 N–H and O–H groups in total. The van der Waals surface area contributed by atoms with Crippen LogP contribution >= 0.6 is 22.9 Å². The van der Waals surface area contributed by atoms with Crippen molar-refractivity contribution < 1.29 is 9.47 Å². The molecule has 1 atom stereocenters. The van der Waals surface area contributed by atoms with E-state index in [-0.39, 0.29) is 11.4 Å². The molecule has 3 aromatic heterocycles. The molecule has 2 aliphatic rings. The molecule has 1 saturated heterocycles. The number of fused-ring (bicyclic) bond motifs is 5. The molecule has 0 bridgehead atoms. The Labute approximate surface area is 194 Å². The summed E-state index contributed by atoms with van der Waals surface area (Å²) in [5.41, 5.74) is 4.47. The van der Waals surface area contributed by atoms with Gasteiger partial charge in [-0.05, 0) is 42.8 Å². The second kappa shape index (κ2) is 8.20. The largest absolute Gasteiger partial charge is 0.382 e. The minimum atomic E-state index is 0.120. The van der Waals surface area contributed by atoms with Gasteiger partial charge in [0.15, 0.2) is 0 Å². The van der Waals surface area contributed by atoms with Crippen molar-refractivity contribution in [2.24, 2.45) is 0 Å². The van der Waals surface area contributed by atoms with Gasteiger partial charge in [0, 0.05) is 51.2 Å². The van der Waals surface area contributed by atoms with Gasteiger partial charge in [0.1, 0.15) is 6.10 Å². The normalized spacial score (nSPS) is 18.9. The maximum atomic E-state index is 6.13. The highest BCUT2D eigenvalue weighted by Crippen LogP contribution is 2.41. The fourth-order valence-corrected chi connectivity index (χ4v) is 5.40. The molecule has 9 heteroatoms. The Balaban J connectivity index is 1.42. The van der Waals surface area contributed by atoms with E-state index in [0.29, 0.717) is 31.6 Å². The lowest BCUT2D eigenvalue weighted by Crippen LogP contribution is -2.35. The minimum absolute atomic E-state index is 0.120. The Bertz CT molecular complexity index is 1320. The number of halogens is 1. The van der Waals surface area contributed by atoms with Crippen LogP contribution in [0.5, 0.6) is 0 Å². The Morgan fingerprint density at radius 1 is 1.22 bits per heavy atom. The molecule has 7 nitrogen and oxygen atoms in total. The number of pyridine rings is 1. The number of ether oxygens (including phenoxy) is 2. The summed E-state index contributed by atoms with van der Waals surface area (Å²) in [7, 11) is 0. The number of hydrogen-bond donors (Lipinski definition) is 2. The van der Waals surface area contributed by atoms with Gasteiger partial charge in [-0.25, -0.2) is 15.0 Å². The Hall–Kier alpha value is -2.36. The third-order valence-electron chi connectivity index (χ3n) is 5.95. The Kier molecular flexibility index (Phi) is 5.20. The third kappa shape index (κ3) is 3.62. The number of nitrogens with zero attached hydrogens (tertiary/aromatic N) is 3. The summed E-state index contributed by atoms with van der Waals surface area (Å²) >= 11 is 7.97.